The fourth-order valence-electron chi connectivity index (χ4n) is 1.18. The van der Waals surface area contributed by atoms with Gasteiger partial charge in [0.1, 0.15) is 0 Å². The maximum atomic E-state index is 11.3. The first-order chi connectivity index (χ1) is 7.36. The van der Waals surface area contributed by atoms with E-state index in [4.69, 9.17) is 10.8 Å². The quantitative estimate of drug-likeness (QED) is 0.462. The monoisotopic (exact) mass is 225 g/mol. The zero-order valence-corrected chi connectivity index (χ0v) is 8.48. The summed E-state index contributed by atoms with van der Waals surface area (Å²) in [6, 6.07) is -0.620. The van der Waals surface area contributed by atoms with Crippen LogP contribution in [0, 0.1) is 0 Å². The van der Waals surface area contributed by atoms with Crippen LogP contribution in [-0.4, -0.2) is 28.6 Å². The highest BCUT2D eigenvalue weighted by Gasteiger charge is 2.38. The summed E-state index contributed by atoms with van der Waals surface area (Å²) in [6.07, 6.45) is 3.17. The van der Waals surface area contributed by atoms with E-state index in [0.29, 0.717) is 0 Å². The normalized spacial score (nSPS) is 24.6. The van der Waals surface area contributed by atoms with E-state index >= 15 is 0 Å². The first-order valence-corrected chi connectivity index (χ1v) is 4.36. The van der Waals surface area contributed by atoms with Gasteiger partial charge in [-0.1, -0.05) is 0 Å². The smallest absolute Gasteiger partial charge is 0.328 e. The van der Waals surface area contributed by atoms with Gasteiger partial charge in [-0.3, -0.25) is 10.5 Å². The molecule has 0 spiro atoms. The second kappa shape index (κ2) is 4.15. The Kier molecular flexibility index (Phi) is 3.09. The molecule has 0 aromatic carbocycles. The van der Waals surface area contributed by atoms with E-state index in [1.165, 1.54) is 13.1 Å². The Bertz CT molecular complexity index is 413. The van der Waals surface area contributed by atoms with Crippen molar-refractivity contribution in [2.24, 2.45) is 5.73 Å². The molecule has 1 rings (SSSR count). The van der Waals surface area contributed by atoms with Crippen molar-refractivity contribution < 1.29 is 19.5 Å². The molecule has 0 saturated heterocycles. The number of ketones is 1. The van der Waals surface area contributed by atoms with Gasteiger partial charge in [0.25, 0.3) is 0 Å². The zero-order chi connectivity index (χ0) is 12.3. The summed E-state index contributed by atoms with van der Waals surface area (Å²) < 4.78 is 0. The molecule has 2 amide bonds. The highest BCUT2D eigenvalue weighted by atomic mass is 16.4. The fourth-order valence-corrected chi connectivity index (χ4v) is 1.18. The van der Waals surface area contributed by atoms with E-state index in [2.05, 4.69) is 10.6 Å². The molecule has 1 unspecified atom stereocenters. The second-order valence-corrected chi connectivity index (χ2v) is 3.23. The van der Waals surface area contributed by atoms with Gasteiger partial charge in [0.15, 0.2) is 11.4 Å². The van der Waals surface area contributed by atoms with Crippen molar-refractivity contribution in [1.29, 1.82) is 0 Å². The molecule has 0 bridgehead atoms. The maximum Gasteiger partial charge on any atom is 0.328 e. The molecular weight excluding hydrogens is 214 g/mol. The van der Waals surface area contributed by atoms with Crippen LogP contribution in [0.3, 0.4) is 0 Å². The van der Waals surface area contributed by atoms with Crippen LogP contribution in [0.1, 0.15) is 6.92 Å². The Morgan fingerprint density at radius 1 is 1.56 bits per heavy atom. The molecule has 5 N–H and O–H groups in total. The molecule has 1 heterocycles. The van der Waals surface area contributed by atoms with Gasteiger partial charge < -0.3 is 15.7 Å². The predicted octanol–water partition coefficient (Wildman–Crippen LogP) is -0.932. The number of carbonyl (C=O) groups excluding carboxylic acids is 2. The molecule has 0 aromatic heterocycles. The van der Waals surface area contributed by atoms with E-state index in [1.54, 1.807) is 0 Å². The number of nitrogens with two attached hydrogens (primary N) is 1. The number of rotatable bonds is 3. The lowest BCUT2D eigenvalue weighted by atomic mass is 9.95. The SMILES string of the molecule is CC(=O)C1(N)NC(=O)NC=C1C=CC(=O)O. The van der Waals surface area contributed by atoms with E-state index in [1.807, 2.05) is 0 Å². The van der Waals surface area contributed by atoms with Crippen molar-refractivity contribution in [3.63, 3.8) is 0 Å². The molecule has 16 heavy (non-hydrogen) atoms. The Morgan fingerprint density at radius 2 is 2.19 bits per heavy atom. The van der Waals surface area contributed by atoms with E-state index in [-0.39, 0.29) is 5.57 Å². The summed E-state index contributed by atoms with van der Waals surface area (Å²) in [5.41, 5.74) is 4.17. The molecule has 1 atom stereocenters. The number of amides is 2. The van der Waals surface area contributed by atoms with Crippen molar-refractivity contribution in [3.8, 4) is 0 Å². The third kappa shape index (κ3) is 2.26. The molecule has 0 saturated carbocycles. The highest BCUT2D eigenvalue weighted by Crippen LogP contribution is 2.16. The van der Waals surface area contributed by atoms with Crippen LogP contribution in [-0.2, 0) is 9.59 Å². The van der Waals surface area contributed by atoms with Crippen LogP contribution >= 0.6 is 0 Å². The molecule has 1 aliphatic heterocycles. The van der Waals surface area contributed by atoms with Crippen LogP contribution in [0.4, 0.5) is 4.79 Å². The minimum Gasteiger partial charge on any atom is -0.478 e. The number of aliphatic carboxylic acids is 1. The van der Waals surface area contributed by atoms with Crippen molar-refractivity contribution in [1.82, 2.24) is 10.6 Å². The van der Waals surface area contributed by atoms with Crippen molar-refractivity contribution in [2.75, 3.05) is 0 Å². The summed E-state index contributed by atoms with van der Waals surface area (Å²) in [5, 5.41) is 13.0. The predicted molar refractivity (Wildman–Crippen MR) is 54.1 cm³/mol. The summed E-state index contributed by atoms with van der Waals surface area (Å²) in [6.45, 7) is 1.20. The Labute approximate surface area is 91.0 Å². The van der Waals surface area contributed by atoms with Gasteiger partial charge >= 0.3 is 12.0 Å². The molecule has 1 aliphatic rings. The standard InChI is InChI=1S/C9H11N3O4/c1-5(13)9(10)6(2-3-7(14)15)4-11-8(16)12-9/h2-4H,10H2,1H3,(H,14,15)(H2,11,12,16). The average Bonchev–Trinajstić information content (AvgIpc) is 2.15. The number of carbonyl (C=O) groups is 3. The molecule has 7 nitrogen and oxygen atoms in total. The first-order valence-electron chi connectivity index (χ1n) is 4.36. The van der Waals surface area contributed by atoms with Gasteiger partial charge in [-0.2, -0.15) is 0 Å². The molecule has 7 heteroatoms. The van der Waals surface area contributed by atoms with E-state index in [9.17, 15) is 14.4 Å². The van der Waals surface area contributed by atoms with Crippen molar-refractivity contribution >= 4 is 17.8 Å². The van der Waals surface area contributed by atoms with Gasteiger partial charge in [-0.15, -0.1) is 0 Å². The summed E-state index contributed by atoms with van der Waals surface area (Å²) >= 11 is 0. The summed E-state index contributed by atoms with van der Waals surface area (Å²) in [5.74, 6) is -1.67. The lowest BCUT2D eigenvalue weighted by molar-refractivity contribution is -0.131. The highest BCUT2D eigenvalue weighted by molar-refractivity contribution is 5.96. The van der Waals surface area contributed by atoms with Gasteiger partial charge in [-0.05, 0) is 13.0 Å². The molecule has 0 fully saturated rings. The maximum absolute atomic E-state index is 11.3. The average molecular weight is 225 g/mol. The van der Waals surface area contributed by atoms with Crippen LogP contribution in [0.25, 0.3) is 0 Å². The van der Waals surface area contributed by atoms with Gasteiger partial charge in [-0.25, -0.2) is 9.59 Å². The third-order valence-electron chi connectivity index (χ3n) is 2.09. The molecule has 86 valence electrons. The van der Waals surface area contributed by atoms with Crippen LogP contribution in [0.15, 0.2) is 23.9 Å². The molecule has 0 radical (unpaired) electrons. The molecule has 0 aromatic rings. The zero-order valence-electron chi connectivity index (χ0n) is 8.48. The minimum atomic E-state index is -1.69. The van der Waals surface area contributed by atoms with Gasteiger partial charge in [0, 0.05) is 17.8 Å². The number of carboxylic acids is 1. The Balaban J connectivity index is 3.08. The number of Topliss-reactive ketones (excluding diaryl/α,β-unsaturated/α-hetero) is 1. The lowest BCUT2D eigenvalue weighted by Gasteiger charge is -2.32. The second-order valence-electron chi connectivity index (χ2n) is 3.23. The third-order valence-corrected chi connectivity index (χ3v) is 2.09. The summed E-state index contributed by atoms with van der Waals surface area (Å²) in [4.78, 5) is 32.7. The summed E-state index contributed by atoms with van der Waals surface area (Å²) in [7, 11) is 0. The number of nitrogens with one attached hydrogen (secondary N) is 2. The topological polar surface area (TPSA) is 122 Å². The minimum absolute atomic E-state index is 0.169. The van der Waals surface area contributed by atoms with E-state index in [0.717, 1.165) is 12.2 Å². The number of hydrogen-bond acceptors (Lipinski definition) is 4. The molecule has 0 aliphatic carbocycles. The fraction of sp³-hybridized carbons (Fsp3) is 0.222. The lowest BCUT2D eigenvalue weighted by Crippen LogP contribution is -2.65. The van der Waals surface area contributed by atoms with Gasteiger partial charge in [0.2, 0.25) is 0 Å². The Hall–Kier alpha value is -2.15. The van der Waals surface area contributed by atoms with Crippen LogP contribution in [0.2, 0.25) is 0 Å². The van der Waals surface area contributed by atoms with Gasteiger partial charge in [0.05, 0.1) is 0 Å². The van der Waals surface area contributed by atoms with E-state index < -0.39 is 23.4 Å². The van der Waals surface area contributed by atoms with Crippen LogP contribution < -0.4 is 16.4 Å². The first kappa shape index (κ1) is 11.9. The van der Waals surface area contributed by atoms with Crippen molar-refractivity contribution in [3.05, 3.63) is 23.9 Å². The number of urea groups is 1. The van der Waals surface area contributed by atoms with Crippen LogP contribution in [0.5, 0.6) is 0 Å². The number of carboxylic acid groups (broad SMARTS) is 1. The van der Waals surface area contributed by atoms with Crippen molar-refractivity contribution in [2.45, 2.75) is 12.6 Å². The Morgan fingerprint density at radius 3 is 2.69 bits per heavy atom. The molecular formula is C9H11N3O4. The largest absolute Gasteiger partial charge is 0.478 e. The number of hydrogen-bond donors (Lipinski definition) is 4.